The number of aryl methyl sites for hydroxylation is 1. The first kappa shape index (κ1) is 21.4. The average molecular weight is 423 g/mol. The molecule has 0 atom stereocenters. The Hall–Kier alpha value is -3.29. The molecule has 0 aliphatic heterocycles. The molecule has 0 unspecified atom stereocenters. The lowest BCUT2D eigenvalue weighted by molar-refractivity contribution is -0.116. The zero-order chi connectivity index (χ0) is 21.6. The molecule has 0 aromatic heterocycles. The molecule has 3 aromatic rings. The van der Waals surface area contributed by atoms with E-state index < -0.39 is 15.9 Å². The summed E-state index contributed by atoms with van der Waals surface area (Å²) in [5.41, 5.74) is 2.23. The number of rotatable bonds is 8. The lowest BCUT2D eigenvalue weighted by atomic mass is 10.0. The van der Waals surface area contributed by atoms with Gasteiger partial charge in [-0.25, -0.2) is 13.1 Å². The summed E-state index contributed by atoms with van der Waals surface area (Å²) in [6.07, 6.45) is -0.0705. The summed E-state index contributed by atoms with van der Waals surface area (Å²) in [6, 6.07) is 22.0. The largest absolute Gasteiger partial charge is 0.325 e. The number of hydrogen-bond donors (Lipinski definition) is 2. The Bertz CT molecular complexity index is 1140. The molecule has 0 saturated heterocycles. The number of carbonyl (C=O) groups excluding carboxylic acids is 2. The Morgan fingerprint density at radius 3 is 2.17 bits per heavy atom. The number of amides is 1. The van der Waals surface area contributed by atoms with Gasteiger partial charge in [0.15, 0.2) is 5.78 Å². The van der Waals surface area contributed by atoms with Crippen LogP contribution in [0.3, 0.4) is 0 Å². The number of hydrogen-bond acceptors (Lipinski definition) is 4. The van der Waals surface area contributed by atoms with Gasteiger partial charge in [0, 0.05) is 24.1 Å². The fourth-order valence-corrected chi connectivity index (χ4v) is 3.88. The summed E-state index contributed by atoms with van der Waals surface area (Å²) in [5.74, 6) is -0.596. The van der Waals surface area contributed by atoms with E-state index in [4.69, 9.17) is 0 Å². The molecule has 6 nitrogen and oxygen atoms in total. The normalized spacial score (nSPS) is 11.1. The predicted molar refractivity (Wildman–Crippen MR) is 116 cm³/mol. The highest BCUT2D eigenvalue weighted by atomic mass is 32.2. The van der Waals surface area contributed by atoms with Crippen molar-refractivity contribution in [2.45, 2.75) is 18.2 Å². The highest BCUT2D eigenvalue weighted by Crippen LogP contribution is 2.19. The molecule has 7 heteroatoms. The fraction of sp³-hybridized carbons (Fsp3) is 0.130. The summed E-state index contributed by atoms with van der Waals surface area (Å²) in [7, 11) is -3.69. The Morgan fingerprint density at radius 2 is 1.47 bits per heavy atom. The van der Waals surface area contributed by atoms with Crippen LogP contribution in [0.25, 0.3) is 0 Å². The molecule has 0 bridgehead atoms. The van der Waals surface area contributed by atoms with Gasteiger partial charge in [-0.3, -0.25) is 9.59 Å². The minimum Gasteiger partial charge on any atom is -0.325 e. The van der Waals surface area contributed by atoms with Crippen molar-refractivity contribution in [3.8, 4) is 0 Å². The molecule has 0 spiro atoms. The highest BCUT2D eigenvalue weighted by Gasteiger charge is 2.16. The van der Waals surface area contributed by atoms with Crippen molar-refractivity contribution in [3.63, 3.8) is 0 Å². The highest BCUT2D eigenvalue weighted by molar-refractivity contribution is 7.89. The van der Waals surface area contributed by atoms with E-state index in [1.54, 1.807) is 60.7 Å². The van der Waals surface area contributed by atoms with Crippen LogP contribution in [0.2, 0.25) is 0 Å². The maximum Gasteiger partial charge on any atom is 0.240 e. The van der Waals surface area contributed by atoms with E-state index in [-0.39, 0.29) is 23.6 Å². The predicted octanol–water partition coefficient (Wildman–Crippen LogP) is 3.53. The van der Waals surface area contributed by atoms with Gasteiger partial charge >= 0.3 is 0 Å². The van der Waals surface area contributed by atoms with E-state index in [9.17, 15) is 18.0 Å². The van der Waals surface area contributed by atoms with Crippen LogP contribution < -0.4 is 10.0 Å². The fourth-order valence-electron chi connectivity index (χ4n) is 2.85. The second-order valence-corrected chi connectivity index (χ2v) is 8.52. The summed E-state index contributed by atoms with van der Waals surface area (Å²) >= 11 is 0. The third-order valence-electron chi connectivity index (χ3n) is 4.46. The molecule has 0 heterocycles. The minimum atomic E-state index is -3.69. The number of carbonyl (C=O) groups is 2. The van der Waals surface area contributed by atoms with Crippen LogP contribution in [0.5, 0.6) is 0 Å². The van der Waals surface area contributed by atoms with E-state index in [0.29, 0.717) is 16.8 Å². The van der Waals surface area contributed by atoms with Gasteiger partial charge in [0.05, 0.1) is 10.6 Å². The third kappa shape index (κ3) is 5.40. The van der Waals surface area contributed by atoms with Crippen molar-refractivity contribution in [1.29, 1.82) is 0 Å². The van der Waals surface area contributed by atoms with Crippen molar-refractivity contribution in [2.24, 2.45) is 0 Å². The molecule has 3 rings (SSSR count). The number of ketones is 1. The molecule has 3 aromatic carbocycles. The van der Waals surface area contributed by atoms with Gasteiger partial charge in [-0.15, -0.1) is 0 Å². The maximum absolute atomic E-state index is 12.7. The van der Waals surface area contributed by atoms with Crippen molar-refractivity contribution in [2.75, 3.05) is 11.9 Å². The number of anilines is 1. The van der Waals surface area contributed by atoms with Crippen LogP contribution in [-0.2, 0) is 14.8 Å². The number of benzene rings is 3. The molecule has 2 N–H and O–H groups in total. The van der Waals surface area contributed by atoms with Crippen LogP contribution in [0.1, 0.15) is 27.9 Å². The van der Waals surface area contributed by atoms with E-state index in [2.05, 4.69) is 10.0 Å². The SMILES string of the molecule is Cc1ccc(S(=O)(=O)NCCC(=O)Nc2ccccc2C(=O)c2ccccc2)cc1. The van der Waals surface area contributed by atoms with Gasteiger partial charge in [-0.1, -0.05) is 60.2 Å². The second-order valence-electron chi connectivity index (χ2n) is 6.75. The first-order valence-electron chi connectivity index (χ1n) is 9.42. The number of sulfonamides is 1. The molecular formula is C23H22N2O4S. The maximum atomic E-state index is 12.7. The van der Waals surface area contributed by atoms with Crippen molar-refractivity contribution >= 4 is 27.4 Å². The molecular weight excluding hydrogens is 400 g/mol. The van der Waals surface area contributed by atoms with E-state index in [1.165, 1.54) is 12.1 Å². The van der Waals surface area contributed by atoms with Gasteiger partial charge in [-0.05, 0) is 31.2 Å². The topological polar surface area (TPSA) is 92.3 Å². The standard InChI is InChI=1S/C23H22N2O4S/c1-17-11-13-19(14-12-17)30(28,29)24-16-15-22(26)25-21-10-6-5-9-20(21)23(27)18-7-3-2-4-8-18/h2-14,24H,15-16H2,1H3,(H,25,26). The van der Waals surface area contributed by atoms with E-state index in [0.717, 1.165) is 5.56 Å². The van der Waals surface area contributed by atoms with Crippen molar-refractivity contribution in [3.05, 3.63) is 95.6 Å². The van der Waals surface area contributed by atoms with Crippen LogP contribution in [-0.4, -0.2) is 26.7 Å². The summed E-state index contributed by atoms with van der Waals surface area (Å²) in [5, 5.41) is 2.70. The Labute approximate surface area is 176 Å². The van der Waals surface area contributed by atoms with Gasteiger partial charge < -0.3 is 5.32 Å². The average Bonchev–Trinajstić information content (AvgIpc) is 2.74. The third-order valence-corrected chi connectivity index (χ3v) is 5.93. The second kappa shape index (κ2) is 9.47. The van der Waals surface area contributed by atoms with Crippen molar-refractivity contribution in [1.82, 2.24) is 4.72 Å². The Kier molecular flexibility index (Phi) is 6.76. The Balaban J connectivity index is 1.62. The zero-order valence-electron chi connectivity index (χ0n) is 16.5. The van der Waals surface area contributed by atoms with Crippen molar-refractivity contribution < 1.29 is 18.0 Å². The molecule has 0 aliphatic rings. The smallest absolute Gasteiger partial charge is 0.240 e. The molecule has 30 heavy (non-hydrogen) atoms. The van der Waals surface area contributed by atoms with Gasteiger partial charge in [0.25, 0.3) is 0 Å². The summed E-state index contributed by atoms with van der Waals surface area (Å²) in [6.45, 7) is 1.81. The van der Waals surface area contributed by atoms with E-state index >= 15 is 0 Å². The van der Waals surface area contributed by atoms with Gasteiger partial charge in [0.2, 0.25) is 15.9 Å². The first-order chi connectivity index (χ1) is 14.4. The molecule has 154 valence electrons. The van der Waals surface area contributed by atoms with Gasteiger partial charge in [0.1, 0.15) is 0 Å². The van der Waals surface area contributed by atoms with Crippen LogP contribution in [0.4, 0.5) is 5.69 Å². The Morgan fingerprint density at radius 1 is 0.833 bits per heavy atom. The lowest BCUT2D eigenvalue weighted by Crippen LogP contribution is -2.28. The first-order valence-corrected chi connectivity index (χ1v) is 10.9. The minimum absolute atomic E-state index is 0.0587. The summed E-state index contributed by atoms with van der Waals surface area (Å²) < 4.78 is 27.0. The number of nitrogens with one attached hydrogen (secondary N) is 2. The number of para-hydroxylation sites is 1. The van der Waals surface area contributed by atoms with E-state index in [1.807, 2.05) is 13.0 Å². The molecule has 0 fully saturated rings. The van der Waals surface area contributed by atoms with Crippen LogP contribution in [0.15, 0.2) is 83.8 Å². The summed E-state index contributed by atoms with van der Waals surface area (Å²) in [4.78, 5) is 25.2. The molecule has 0 saturated carbocycles. The zero-order valence-corrected chi connectivity index (χ0v) is 17.3. The van der Waals surface area contributed by atoms with Crippen LogP contribution >= 0.6 is 0 Å². The molecule has 0 aliphatic carbocycles. The monoisotopic (exact) mass is 422 g/mol. The molecule has 0 radical (unpaired) electrons. The lowest BCUT2D eigenvalue weighted by Gasteiger charge is -2.11. The van der Waals surface area contributed by atoms with Crippen LogP contribution in [0, 0.1) is 6.92 Å². The molecule has 1 amide bonds. The van der Waals surface area contributed by atoms with Gasteiger partial charge in [-0.2, -0.15) is 0 Å². The quantitative estimate of drug-likeness (QED) is 0.543.